The molecule has 0 aliphatic rings. The van der Waals surface area contributed by atoms with E-state index >= 15 is 0 Å². The molecule has 2 aromatic carbocycles. The zero-order valence-electron chi connectivity index (χ0n) is 18.4. The van der Waals surface area contributed by atoms with Gasteiger partial charge >= 0.3 is 0 Å². The molecule has 0 unspecified atom stereocenters. The fraction of sp³-hybridized carbons (Fsp3) is 0.250. The lowest BCUT2D eigenvalue weighted by Gasteiger charge is -2.25. The van der Waals surface area contributed by atoms with Crippen LogP contribution < -0.4 is 10.1 Å². The van der Waals surface area contributed by atoms with Gasteiger partial charge in [-0.05, 0) is 69.0 Å². The molecule has 2 heterocycles. The highest BCUT2D eigenvalue weighted by Gasteiger charge is 2.20. The quantitative estimate of drug-likeness (QED) is 0.410. The number of nitrogens with zero attached hydrogens (tertiary/aromatic N) is 3. The molecule has 0 aliphatic heterocycles. The minimum absolute atomic E-state index is 0.0468. The van der Waals surface area contributed by atoms with Crippen LogP contribution in [0.5, 0.6) is 5.75 Å². The molecular formula is C24H25ClN4O2S. The van der Waals surface area contributed by atoms with E-state index in [1.54, 1.807) is 7.11 Å². The Labute approximate surface area is 196 Å². The van der Waals surface area contributed by atoms with Crippen molar-refractivity contribution in [2.75, 3.05) is 27.7 Å². The number of fused-ring (bicyclic) bond motifs is 1. The number of aromatic nitrogens is 2. The van der Waals surface area contributed by atoms with Gasteiger partial charge in [0.2, 0.25) is 0 Å². The molecule has 0 spiro atoms. The van der Waals surface area contributed by atoms with Gasteiger partial charge in [-0.15, -0.1) is 11.3 Å². The molecule has 1 N–H and O–H groups in total. The van der Waals surface area contributed by atoms with Crippen LogP contribution in [0.25, 0.3) is 15.9 Å². The summed E-state index contributed by atoms with van der Waals surface area (Å²) in [7, 11) is 5.66. The topological polar surface area (TPSA) is 59.4 Å². The van der Waals surface area contributed by atoms with Crippen LogP contribution in [0.4, 0.5) is 0 Å². The second kappa shape index (κ2) is 9.32. The average molecular weight is 469 g/mol. The molecular weight excluding hydrogens is 444 g/mol. The van der Waals surface area contributed by atoms with Gasteiger partial charge in [-0.1, -0.05) is 23.7 Å². The van der Waals surface area contributed by atoms with Crippen LogP contribution in [-0.2, 0) is 0 Å². The van der Waals surface area contributed by atoms with E-state index in [9.17, 15) is 4.79 Å². The van der Waals surface area contributed by atoms with Crippen molar-refractivity contribution < 1.29 is 9.53 Å². The smallest absolute Gasteiger partial charge is 0.261 e. The number of amides is 1. The van der Waals surface area contributed by atoms with Crippen LogP contribution >= 0.6 is 22.9 Å². The van der Waals surface area contributed by atoms with E-state index in [2.05, 4.69) is 15.3 Å². The van der Waals surface area contributed by atoms with E-state index in [0.29, 0.717) is 16.4 Å². The van der Waals surface area contributed by atoms with E-state index < -0.39 is 0 Å². The summed E-state index contributed by atoms with van der Waals surface area (Å²) < 4.78 is 7.11. The number of carbonyl (C=O) groups excluding carboxylic acids is 1. The maximum atomic E-state index is 13.0. The molecule has 2 aromatic heterocycles. The molecule has 32 heavy (non-hydrogen) atoms. The summed E-state index contributed by atoms with van der Waals surface area (Å²) >= 11 is 7.46. The SMILES string of the molecule is COc1ccc([C@@H](CNC(=O)c2cc3c(C)nn(-c4ccc(Cl)cc4)c3s2)N(C)C)cc1. The molecule has 166 valence electrons. The van der Waals surface area contributed by atoms with Gasteiger partial charge in [0.05, 0.1) is 29.4 Å². The summed E-state index contributed by atoms with van der Waals surface area (Å²) in [5.41, 5.74) is 2.91. The van der Waals surface area contributed by atoms with Crippen LogP contribution in [0, 0.1) is 6.92 Å². The maximum Gasteiger partial charge on any atom is 0.261 e. The first-order valence-corrected chi connectivity index (χ1v) is 11.4. The zero-order valence-corrected chi connectivity index (χ0v) is 20.0. The lowest BCUT2D eigenvalue weighted by atomic mass is 10.1. The highest BCUT2D eigenvalue weighted by atomic mass is 35.5. The standard InChI is InChI=1S/C24H25ClN4O2S/c1-15-20-13-22(32-24(20)29(27-15)18-9-7-17(25)8-10-18)23(30)26-14-21(28(2)3)16-5-11-19(31-4)12-6-16/h5-13,21H,14H2,1-4H3,(H,26,30)/t21-/m1/s1. The number of aryl methyl sites for hydroxylation is 1. The van der Waals surface area contributed by atoms with Crippen LogP contribution in [0.1, 0.15) is 27.0 Å². The molecule has 0 radical (unpaired) electrons. The van der Waals surface area contributed by atoms with E-state index in [0.717, 1.165) is 32.9 Å². The van der Waals surface area contributed by atoms with Crippen molar-refractivity contribution in [3.05, 3.63) is 75.8 Å². The lowest BCUT2D eigenvalue weighted by molar-refractivity contribution is 0.0946. The Morgan fingerprint density at radius 1 is 1.19 bits per heavy atom. The van der Waals surface area contributed by atoms with Crippen molar-refractivity contribution in [1.29, 1.82) is 0 Å². The maximum absolute atomic E-state index is 13.0. The Kier molecular flexibility index (Phi) is 6.50. The summed E-state index contributed by atoms with van der Waals surface area (Å²) in [6.45, 7) is 2.45. The second-order valence-corrected chi connectivity index (χ2v) is 9.23. The van der Waals surface area contributed by atoms with Gasteiger partial charge < -0.3 is 15.0 Å². The number of thiophene rings is 1. The molecule has 1 amide bonds. The first-order chi connectivity index (χ1) is 15.4. The van der Waals surface area contributed by atoms with E-state index in [4.69, 9.17) is 16.3 Å². The van der Waals surface area contributed by atoms with Gasteiger partial charge in [-0.2, -0.15) is 5.10 Å². The normalized spacial score (nSPS) is 12.3. The minimum atomic E-state index is -0.0892. The van der Waals surface area contributed by atoms with Gasteiger partial charge in [0, 0.05) is 17.0 Å². The molecule has 0 fully saturated rings. The fourth-order valence-corrected chi connectivity index (χ4v) is 4.84. The molecule has 4 rings (SSSR count). The van der Waals surface area contributed by atoms with Gasteiger partial charge in [0.15, 0.2) is 0 Å². The Bertz CT molecular complexity index is 1230. The number of methoxy groups -OCH3 is 1. The average Bonchev–Trinajstić information content (AvgIpc) is 3.35. The third kappa shape index (κ3) is 4.50. The number of ether oxygens (including phenoxy) is 1. The molecule has 0 bridgehead atoms. The molecule has 1 atom stereocenters. The van der Waals surface area contributed by atoms with Gasteiger partial charge in [0.1, 0.15) is 10.6 Å². The number of nitrogens with one attached hydrogen (secondary N) is 1. The van der Waals surface area contributed by atoms with Crippen molar-refractivity contribution in [3.8, 4) is 11.4 Å². The van der Waals surface area contributed by atoms with E-state index in [1.807, 2.05) is 80.3 Å². The number of hydrogen-bond acceptors (Lipinski definition) is 5. The third-order valence-corrected chi connectivity index (χ3v) is 6.78. The summed E-state index contributed by atoms with van der Waals surface area (Å²) in [4.78, 5) is 16.7. The molecule has 0 aliphatic carbocycles. The minimum Gasteiger partial charge on any atom is -0.497 e. The van der Waals surface area contributed by atoms with Crippen molar-refractivity contribution >= 4 is 39.1 Å². The summed E-state index contributed by atoms with van der Waals surface area (Å²) in [5.74, 6) is 0.722. The van der Waals surface area contributed by atoms with Crippen molar-refractivity contribution in [2.45, 2.75) is 13.0 Å². The molecule has 6 nitrogen and oxygen atoms in total. The molecule has 0 saturated carbocycles. The number of hydrogen-bond donors (Lipinski definition) is 1. The van der Waals surface area contributed by atoms with Gasteiger partial charge in [0.25, 0.3) is 5.91 Å². The van der Waals surface area contributed by atoms with Crippen LogP contribution in [0.2, 0.25) is 5.02 Å². The number of likely N-dealkylation sites (N-methyl/N-ethyl adjacent to an activating group) is 1. The molecule has 4 aromatic rings. The third-order valence-electron chi connectivity index (χ3n) is 5.42. The van der Waals surface area contributed by atoms with E-state index in [-0.39, 0.29) is 11.9 Å². The monoisotopic (exact) mass is 468 g/mol. The Balaban J connectivity index is 1.54. The number of carbonyl (C=O) groups is 1. The predicted octanol–water partition coefficient (Wildman–Crippen LogP) is 5.09. The largest absolute Gasteiger partial charge is 0.497 e. The summed E-state index contributed by atoms with van der Waals surface area (Å²) in [5, 5.41) is 9.39. The lowest BCUT2D eigenvalue weighted by Crippen LogP contribution is -2.34. The Hall–Kier alpha value is -2.87. The number of rotatable bonds is 7. The fourth-order valence-electron chi connectivity index (χ4n) is 3.62. The predicted molar refractivity (Wildman–Crippen MR) is 130 cm³/mol. The van der Waals surface area contributed by atoms with Crippen molar-refractivity contribution in [1.82, 2.24) is 20.0 Å². The Morgan fingerprint density at radius 2 is 1.88 bits per heavy atom. The molecule has 8 heteroatoms. The van der Waals surface area contributed by atoms with E-state index in [1.165, 1.54) is 11.3 Å². The van der Waals surface area contributed by atoms with Gasteiger partial charge in [-0.3, -0.25) is 4.79 Å². The number of benzene rings is 2. The van der Waals surface area contributed by atoms with Gasteiger partial charge in [-0.25, -0.2) is 4.68 Å². The van der Waals surface area contributed by atoms with Crippen molar-refractivity contribution in [2.24, 2.45) is 0 Å². The zero-order chi connectivity index (χ0) is 22.8. The van der Waals surface area contributed by atoms with Crippen LogP contribution in [0.15, 0.2) is 54.6 Å². The summed E-state index contributed by atoms with van der Waals surface area (Å²) in [6.07, 6.45) is 0. The van der Waals surface area contributed by atoms with Crippen LogP contribution in [-0.4, -0.2) is 48.3 Å². The Morgan fingerprint density at radius 3 is 2.50 bits per heavy atom. The highest BCUT2D eigenvalue weighted by Crippen LogP contribution is 2.31. The second-order valence-electron chi connectivity index (χ2n) is 7.77. The summed E-state index contributed by atoms with van der Waals surface area (Å²) in [6, 6.07) is 17.4. The van der Waals surface area contributed by atoms with Crippen LogP contribution in [0.3, 0.4) is 0 Å². The number of halogens is 1. The highest BCUT2D eigenvalue weighted by molar-refractivity contribution is 7.20. The first kappa shape index (κ1) is 22.3. The van der Waals surface area contributed by atoms with Crippen molar-refractivity contribution in [3.63, 3.8) is 0 Å². The first-order valence-electron chi connectivity index (χ1n) is 10.2. The molecule has 0 saturated heterocycles.